The van der Waals surface area contributed by atoms with Crippen LogP contribution in [0.2, 0.25) is 0 Å². The zero-order valence-corrected chi connectivity index (χ0v) is 15.1. The maximum absolute atomic E-state index is 12.6. The first-order chi connectivity index (χ1) is 12.1. The summed E-state index contributed by atoms with van der Waals surface area (Å²) >= 11 is 0. The molecule has 0 spiro atoms. The van der Waals surface area contributed by atoms with Crippen molar-refractivity contribution in [3.05, 3.63) is 29.8 Å². The van der Waals surface area contributed by atoms with Gasteiger partial charge in [0.2, 0.25) is 0 Å². The summed E-state index contributed by atoms with van der Waals surface area (Å²) in [5.41, 5.74) is 1.31. The van der Waals surface area contributed by atoms with Gasteiger partial charge < -0.3 is 15.5 Å². The van der Waals surface area contributed by atoms with Gasteiger partial charge in [-0.15, -0.1) is 0 Å². The van der Waals surface area contributed by atoms with E-state index < -0.39 is 0 Å². The molecule has 2 aliphatic rings. The highest BCUT2D eigenvalue weighted by atomic mass is 16.2. The largest absolute Gasteiger partial charge is 0.339 e. The molecule has 3 rings (SSSR count). The molecule has 1 heterocycles. The molecule has 2 fully saturated rings. The van der Waals surface area contributed by atoms with E-state index in [1.54, 1.807) is 6.07 Å². The Kier molecular flexibility index (Phi) is 5.95. The third-order valence-corrected chi connectivity index (χ3v) is 5.44. The Hall–Kier alpha value is -2.04. The number of nitrogens with one attached hydrogen (secondary N) is 2. The monoisotopic (exact) mass is 343 g/mol. The average molecular weight is 343 g/mol. The van der Waals surface area contributed by atoms with Gasteiger partial charge in [-0.3, -0.25) is 4.79 Å². The minimum absolute atomic E-state index is 0.0599. The Labute approximate surface area is 150 Å². The zero-order chi connectivity index (χ0) is 17.6. The lowest BCUT2D eigenvalue weighted by Gasteiger charge is -2.29. The van der Waals surface area contributed by atoms with Gasteiger partial charge in [-0.25, -0.2) is 4.79 Å². The van der Waals surface area contributed by atoms with Crippen LogP contribution in [0.3, 0.4) is 0 Å². The van der Waals surface area contributed by atoms with Crippen LogP contribution < -0.4 is 10.6 Å². The van der Waals surface area contributed by atoms with Gasteiger partial charge in [0.05, 0.1) is 0 Å². The fraction of sp³-hybridized carbons (Fsp3) is 0.600. The molecular formula is C20H29N3O2. The summed E-state index contributed by atoms with van der Waals surface area (Å²) in [6.07, 6.45) is 7.99. The maximum atomic E-state index is 12.6. The second kappa shape index (κ2) is 8.37. The van der Waals surface area contributed by atoms with Crippen LogP contribution in [0.15, 0.2) is 24.3 Å². The zero-order valence-electron chi connectivity index (χ0n) is 15.1. The van der Waals surface area contributed by atoms with Crippen molar-refractivity contribution in [1.29, 1.82) is 0 Å². The van der Waals surface area contributed by atoms with E-state index in [4.69, 9.17) is 0 Å². The molecule has 1 aromatic rings. The van der Waals surface area contributed by atoms with E-state index in [2.05, 4.69) is 17.6 Å². The molecule has 136 valence electrons. The minimum Gasteiger partial charge on any atom is -0.339 e. The number of benzene rings is 1. The maximum Gasteiger partial charge on any atom is 0.319 e. The Bertz CT molecular complexity index is 611. The first kappa shape index (κ1) is 17.8. The molecule has 0 radical (unpaired) electrons. The van der Waals surface area contributed by atoms with Crippen LogP contribution in [-0.2, 0) is 0 Å². The van der Waals surface area contributed by atoms with Crippen molar-refractivity contribution in [3.8, 4) is 0 Å². The van der Waals surface area contributed by atoms with Crippen molar-refractivity contribution >= 4 is 17.6 Å². The number of likely N-dealkylation sites (tertiary alicyclic amines) is 1. The van der Waals surface area contributed by atoms with Gasteiger partial charge in [-0.2, -0.15) is 0 Å². The van der Waals surface area contributed by atoms with E-state index in [9.17, 15) is 9.59 Å². The average Bonchev–Trinajstić information content (AvgIpc) is 2.64. The summed E-state index contributed by atoms with van der Waals surface area (Å²) in [5.74, 6) is 0.580. The second-order valence-corrected chi connectivity index (χ2v) is 7.40. The molecule has 1 saturated carbocycles. The topological polar surface area (TPSA) is 61.4 Å². The Morgan fingerprint density at radius 3 is 2.56 bits per heavy atom. The van der Waals surface area contributed by atoms with E-state index in [0.29, 0.717) is 17.2 Å². The number of carbonyl (C=O) groups excluding carboxylic acids is 2. The highest BCUT2D eigenvalue weighted by molar-refractivity contribution is 5.97. The van der Waals surface area contributed by atoms with Crippen molar-refractivity contribution in [2.24, 2.45) is 5.92 Å². The van der Waals surface area contributed by atoms with E-state index in [1.807, 2.05) is 23.1 Å². The van der Waals surface area contributed by atoms with Crippen LogP contribution in [-0.4, -0.2) is 36.0 Å². The highest BCUT2D eigenvalue weighted by Gasteiger charge is 2.23. The van der Waals surface area contributed by atoms with Gasteiger partial charge >= 0.3 is 6.03 Å². The first-order valence-corrected chi connectivity index (χ1v) is 9.60. The van der Waals surface area contributed by atoms with Crippen LogP contribution in [0.5, 0.6) is 0 Å². The SMILES string of the molecule is CC1CCCCC1NC(=O)Nc1cccc(C(=O)N2CCCCC2)c1. The Morgan fingerprint density at radius 2 is 1.80 bits per heavy atom. The summed E-state index contributed by atoms with van der Waals surface area (Å²) < 4.78 is 0. The quantitative estimate of drug-likeness (QED) is 0.871. The third kappa shape index (κ3) is 4.74. The normalized spacial score (nSPS) is 23.8. The molecule has 2 atom stereocenters. The smallest absolute Gasteiger partial charge is 0.319 e. The number of nitrogens with zero attached hydrogens (tertiary/aromatic N) is 1. The number of rotatable bonds is 3. The molecular weight excluding hydrogens is 314 g/mol. The van der Waals surface area contributed by atoms with Crippen LogP contribution in [0.25, 0.3) is 0 Å². The summed E-state index contributed by atoms with van der Waals surface area (Å²) in [6.45, 7) is 3.86. The molecule has 2 unspecified atom stereocenters. The van der Waals surface area contributed by atoms with Crippen LogP contribution in [0.4, 0.5) is 10.5 Å². The molecule has 0 aromatic heterocycles. The summed E-state index contributed by atoms with van der Waals surface area (Å²) in [4.78, 5) is 26.8. The number of carbonyl (C=O) groups is 2. The van der Waals surface area contributed by atoms with Gasteiger partial charge in [0.25, 0.3) is 5.91 Å². The molecule has 1 aromatic carbocycles. The number of urea groups is 1. The van der Waals surface area contributed by atoms with E-state index in [1.165, 1.54) is 25.7 Å². The summed E-state index contributed by atoms with van der Waals surface area (Å²) in [7, 11) is 0. The van der Waals surface area contributed by atoms with Gasteiger partial charge in [0, 0.05) is 30.4 Å². The van der Waals surface area contributed by atoms with Crippen molar-refractivity contribution in [2.75, 3.05) is 18.4 Å². The molecule has 1 aliphatic carbocycles. The number of piperidine rings is 1. The lowest BCUT2D eigenvalue weighted by Crippen LogP contribution is -2.43. The number of amides is 3. The van der Waals surface area contributed by atoms with Crippen molar-refractivity contribution < 1.29 is 9.59 Å². The fourth-order valence-corrected chi connectivity index (χ4v) is 3.88. The lowest BCUT2D eigenvalue weighted by atomic mass is 9.86. The molecule has 1 saturated heterocycles. The molecule has 25 heavy (non-hydrogen) atoms. The molecule has 0 bridgehead atoms. The van der Waals surface area contributed by atoms with Crippen LogP contribution in [0.1, 0.15) is 62.2 Å². The minimum atomic E-state index is -0.179. The Balaban J connectivity index is 1.59. The summed E-state index contributed by atoms with van der Waals surface area (Å²) in [6, 6.07) is 7.32. The van der Waals surface area contributed by atoms with Gasteiger partial charge in [0.1, 0.15) is 0 Å². The highest BCUT2D eigenvalue weighted by Crippen LogP contribution is 2.24. The van der Waals surface area contributed by atoms with Crippen molar-refractivity contribution in [2.45, 2.75) is 57.9 Å². The summed E-state index contributed by atoms with van der Waals surface area (Å²) in [5, 5.41) is 5.97. The third-order valence-electron chi connectivity index (χ3n) is 5.44. The number of hydrogen-bond donors (Lipinski definition) is 2. The number of anilines is 1. The van der Waals surface area contributed by atoms with Gasteiger partial charge in [-0.05, 0) is 56.2 Å². The molecule has 1 aliphatic heterocycles. The lowest BCUT2D eigenvalue weighted by molar-refractivity contribution is 0.0724. The number of hydrogen-bond acceptors (Lipinski definition) is 2. The molecule has 5 nitrogen and oxygen atoms in total. The van der Waals surface area contributed by atoms with Crippen molar-refractivity contribution in [1.82, 2.24) is 10.2 Å². The van der Waals surface area contributed by atoms with E-state index in [-0.39, 0.29) is 18.0 Å². The molecule has 2 N–H and O–H groups in total. The van der Waals surface area contributed by atoms with Gasteiger partial charge in [-0.1, -0.05) is 25.8 Å². The molecule has 5 heteroatoms. The van der Waals surface area contributed by atoms with E-state index in [0.717, 1.165) is 32.4 Å². The predicted molar refractivity (Wildman–Crippen MR) is 99.8 cm³/mol. The van der Waals surface area contributed by atoms with Crippen LogP contribution >= 0.6 is 0 Å². The van der Waals surface area contributed by atoms with Crippen molar-refractivity contribution in [3.63, 3.8) is 0 Å². The first-order valence-electron chi connectivity index (χ1n) is 9.60. The standard InChI is InChI=1S/C20H29N3O2/c1-15-8-3-4-11-18(15)22-20(25)21-17-10-7-9-16(14-17)19(24)23-12-5-2-6-13-23/h7,9-10,14-15,18H,2-6,8,11-13H2,1H3,(H2,21,22,25). The van der Waals surface area contributed by atoms with E-state index >= 15 is 0 Å². The predicted octanol–water partition coefficient (Wildman–Crippen LogP) is 4.01. The molecule has 3 amide bonds. The fourth-order valence-electron chi connectivity index (χ4n) is 3.88. The second-order valence-electron chi connectivity index (χ2n) is 7.40. The van der Waals surface area contributed by atoms with Gasteiger partial charge in [0.15, 0.2) is 0 Å². The van der Waals surface area contributed by atoms with Crippen LogP contribution in [0, 0.1) is 5.92 Å². The Morgan fingerprint density at radius 1 is 1.04 bits per heavy atom.